The number of amides is 10. The van der Waals surface area contributed by atoms with Crippen LogP contribution in [-0.4, -0.2) is 168 Å². The molecule has 538 valence electrons. The summed E-state index contributed by atoms with van der Waals surface area (Å²) >= 11 is 0. The van der Waals surface area contributed by atoms with Gasteiger partial charge in [0, 0.05) is 39.3 Å². The molecule has 1 rings (SSSR count). The molecule has 23 N–H and O–H groups in total. The van der Waals surface area contributed by atoms with Crippen molar-refractivity contribution in [3.05, 3.63) is 35.9 Å². The summed E-state index contributed by atoms with van der Waals surface area (Å²) in [5.41, 5.74) is 33.6. The van der Waals surface area contributed by atoms with E-state index in [1.165, 1.54) is 71.6 Å². The van der Waals surface area contributed by atoms with Crippen molar-refractivity contribution in [3.63, 3.8) is 0 Å². The number of rotatable bonds is 51. The highest BCUT2D eigenvalue weighted by Gasteiger charge is 2.33. The molecule has 8 atom stereocenters. The third-order valence-corrected chi connectivity index (χ3v) is 14.8. The van der Waals surface area contributed by atoms with Gasteiger partial charge in [-0.3, -0.25) is 62.7 Å². The maximum absolute atomic E-state index is 14.1. The fourth-order valence-electron chi connectivity index (χ4n) is 9.62. The highest BCUT2D eigenvalue weighted by molar-refractivity contribution is 5.98. The Labute approximate surface area is 559 Å². The van der Waals surface area contributed by atoms with Crippen LogP contribution in [-0.2, 0) is 64.0 Å². The van der Waals surface area contributed by atoms with Crippen LogP contribution in [0.15, 0.2) is 40.3 Å². The lowest BCUT2D eigenvalue weighted by molar-refractivity contribution is -0.142. The van der Waals surface area contributed by atoms with Crippen LogP contribution in [0, 0.1) is 5.92 Å². The molecule has 0 saturated carbocycles. The van der Waals surface area contributed by atoms with Gasteiger partial charge in [0.25, 0.3) is 5.97 Å². The molecule has 0 aliphatic rings. The zero-order valence-corrected chi connectivity index (χ0v) is 56.7. The molecule has 1 aromatic carbocycles. The summed E-state index contributed by atoms with van der Waals surface area (Å²) in [6.45, 7) is 9.30. The van der Waals surface area contributed by atoms with Crippen molar-refractivity contribution in [3.8, 4) is 0 Å². The van der Waals surface area contributed by atoms with E-state index in [1.54, 1.807) is 13.8 Å². The van der Waals surface area contributed by atoms with Crippen LogP contribution < -0.4 is 82.3 Å². The summed E-state index contributed by atoms with van der Waals surface area (Å²) in [7, 11) is 0. The molecule has 31 nitrogen and oxygen atoms in total. The van der Waals surface area contributed by atoms with Crippen molar-refractivity contribution in [2.45, 2.75) is 250 Å². The maximum atomic E-state index is 14.1. The van der Waals surface area contributed by atoms with Gasteiger partial charge in [-0.1, -0.05) is 128 Å². The van der Waals surface area contributed by atoms with Crippen molar-refractivity contribution in [1.29, 1.82) is 0 Å². The molecule has 0 radical (unpaired) electrons. The number of hydrogen-bond acceptors (Lipinski definition) is 15. The van der Waals surface area contributed by atoms with Gasteiger partial charge in [0.1, 0.15) is 48.3 Å². The Balaban J connectivity index is 0.0000214. The third kappa shape index (κ3) is 44.6. The Bertz CT molecular complexity index is 2560. The number of nitrogens with one attached hydrogen (secondary N) is 9. The number of primary amides is 1. The van der Waals surface area contributed by atoms with Crippen molar-refractivity contribution in [1.82, 2.24) is 47.9 Å². The van der Waals surface area contributed by atoms with Crippen molar-refractivity contribution in [2.75, 3.05) is 26.2 Å². The molecule has 10 amide bonds. The minimum atomic E-state index is -1.53. The Kier molecular flexibility index (Phi) is 47.0. The first-order chi connectivity index (χ1) is 45.0. The molecule has 0 unspecified atom stereocenters. The maximum Gasteiger partial charge on any atom is 0.326 e. The van der Waals surface area contributed by atoms with Crippen LogP contribution >= 0.6 is 0 Å². The molecule has 0 fully saturated rings. The molecular weight excluding hydrogens is 1230 g/mol. The minimum Gasteiger partial charge on any atom is -0.481 e. The van der Waals surface area contributed by atoms with E-state index in [0.717, 1.165) is 31.7 Å². The van der Waals surface area contributed by atoms with Crippen LogP contribution in [0.4, 0.5) is 0 Å². The van der Waals surface area contributed by atoms with Gasteiger partial charge < -0.3 is 92.5 Å². The fraction of sp³-hybridized carbons (Fsp3) is 0.688. The number of guanidine groups is 2. The predicted molar refractivity (Wildman–Crippen MR) is 362 cm³/mol. The van der Waals surface area contributed by atoms with E-state index in [2.05, 4.69) is 64.8 Å². The fourth-order valence-corrected chi connectivity index (χ4v) is 9.62. The van der Waals surface area contributed by atoms with E-state index in [9.17, 15) is 57.8 Å². The van der Waals surface area contributed by atoms with E-state index in [0.29, 0.717) is 19.3 Å². The topological polar surface area (TPSA) is 534 Å². The lowest BCUT2D eigenvalue weighted by Crippen LogP contribution is -2.58. The zero-order valence-electron chi connectivity index (χ0n) is 56.7. The smallest absolute Gasteiger partial charge is 0.326 e. The molecule has 0 bridgehead atoms. The van der Waals surface area contributed by atoms with Crippen molar-refractivity contribution < 1.29 is 67.7 Å². The van der Waals surface area contributed by atoms with Gasteiger partial charge >= 0.3 is 5.97 Å². The molecule has 95 heavy (non-hydrogen) atoms. The number of hydrogen-bond donors (Lipinski definition) is 17. The Morgan fingerprint density at radius 1 is 0.442 bits per heavy atom. The normalized spacial score (nSPS) is 13.3. The largest absolute Gasteiger partial charge is 0.481 e. The lowest BCUT2D eigenvalue weighted by Gasteiger charge is -2.26. The molecule has 0 aromatic heterocycles. The standard InChI is InChI=1S/C62H109N17O12.C2H4O2/c1-6-7-8-9-10-11-12-13-14-15-16-17-21-31-51(81)74-49(38-43-26-19-18-20-27-43)58(88)73-42(5)54(84)75-45(29-24-35-69-61(65)66)56(86)76-44(28-22-23-34-63)55(85)71-39-52(82)72-41(4)53(83)79-48(37-40(2)3)59(89)77-46(30-25-36-70-62(67)68)57(87)78-47(60(90)91)32-33-50(64)80;1-2(3)4/h18-20,26-27,40-42,44-49H,6-17,21-25,28-39,63H2,1-5H3,(H2,64,80)(H,71,85)(H,72,82)(H,73,88)(H,74,81)(H,75,84)(H,76,86)(H,77,89)(H,78,87)(H,79,83)(H,90,91)(H4,65,66,69)(H4,67,68,70);1H3,(H,3,4)/t41-,42-,44-,45-,46-,47-,48-,49-;/m0./s1. The number of nitrogens with two attached hydrogens (primary N) is 6. The molecule has 1 aromatic rings. The summed E-state index contributed by atoms with van der Waals surface area (Å²) in [6, 6.07) is -1.15. The van der Waals surface area contributed by atoms with Crippen molar-refractivity contribution >= 4 is 82.9 Å². The van der Waals surface area contributed by atoms with Gasteiger partial charge in [0.2, 0.25) is 59.1 Å². The quantitative estimate of drug-likeness (QED) is 0.0239. The van der Waals surface area contributed by atoms with Crippen molar-refractivity contribution in [2.24, 2.45) is 50.3 Å². The first-order valence-corrected chi connectivity index (χ1v) is 33.2. The Morgan fingerprint density at radius 3 is 1.33 bits per heavy atom. The summed E-state index contributed by atoms with van der Waals surface area (Å²) in [5, 5.41) is 40.4. The number of benzene rings is 1. The summed E-state index contributed by atoms with van der Waals surface area (Å²) < 4.78 is 0. The number of carboxylic acids is 2. The number of unbranched alkanes of at least 4 members (excludes halogenated alkanes) is 13. The minimum absolute atomic E-state index is 0.0242. The first-order valence-electron chi connectivity index (χ1n) is 33.2. The molecule has 0 aliphatic heterocycles. The van der Waals surface area contributed by atoms with Crippen LogP contribution in [0.5, 0.6) is 0 Å². The molecule has 0 spiro atoms. The summed E-state index contributed by atoms with van der Waals surface area (Å²) in [6.07, 6.45) is 15.9. The highest BCUT2D eigenvalue weighted by Crippen LogP contribution is 2.15. The number of nitrogens with zero attached hydrogens (tertiary/aromatic N) is 2. The van der Waals surface area contributed by atoms with Gasteiger partial charge in [0.05, 0.1) is 6.54 Å². The second-order valence-electron chi connectivity index (χ2n) is 24.0. The van der Waals surface area contributed by atoms with Gasteiger partial charge in [0.15, 0.2) is 11.9 Å². The average molecular weight is 1340 g/mol. The SMILES string of the molecule is CC(=O)O.CCCCCCCCCCCCCCCC(=O)N[C@@H](Cc1ccccc1)C(=O)N[C@@H](C)C(=O)N[C@@H](CCCN=C(N)N)C(=O)N[C@@H](CCCCN)C(=O)NCC(=O)N[C@@H](C)C(=O)N[C@@H](CC(C)C)C(=O)N[C@@H](CCCN=C(N)N)C(=O)N[C@@H](CCC(N)=O)C(=O)O. The Hall–Kier alpha value is -8.64. The van der Waals surface area contributed by atoms with Crippen LogP contribution in [0.3, 0.4) is 0 Å². The Morgan fingerprint density at radius 2 is 0.863 bits per heavy atom. The number of aliphatic carboxylic acids is 2. The van der Waals surface area contributed by atoms with E-state index in [1.807, 2.05) is 30.3 Å². The number of aliphatic imine (C=N–C) groups is 2. The molecular formula is C64H113N17O14. The molecule has 31 heteroatoms. The second-order valence-corrected chi connectivity index (χ2v) is 24.0. The molecule has 0 aliphatic carbocycles. The number of carbonyl (C=O) groups excluding carboxylic acids is 10. The molecule has 0 heterocycles. The zero-order chi connectivity index (χ0) is 71.7. The van der Waals surface area contributed by atoms with Gasteiger partial charge in [-0.2, -0.15) is 0 Å². The van der Waals surface area contributed by atoms with E-state index < -0.39 is 120 Å². The average Bonchev–Trinajstić information content (AvgIpc) is 0.951. The highest BCUT2D eigenvalue weighted by atomic mass is 16.4. The lowest BCUT2D eigenvalue weighted by atomic mass is 10.0. The number of carboxylic acid groups (broad SMARTS) is 2. The van der Waals surface area contributed by atoms with E-state index in [4.69, 9.17) is 44.3 Å². The summed E-state index contributed by atoms with van der Waals surface area (Å²) in [4.78, 5) is 163. The van der Waals surface area contributed by atoms with Gasteiger partial charge in [-0.15, -0.1) is 0 Å². The van der Waals surface area contributed by atoms with E-state index >= 15 is 0 Å². The first kappa shape index (κ1) is 86.4. The van der Waals surface area contributed by atoms with Crippen LogP contribution in [0.2, 0.25) is 0 Å². The summed E-state index contributed by atoms with van der Waals surface area (Å²) in [5.74, 6) is -10.3. The van der Waals surface area contributed by atoms with E-state index in [-0.39, 0.29) is 108 Å². The van der Waals surface area contributed by atoms with Gasteiger partial charge in [-0.25, -0.2) is 4.79 Å². The van der Waals surface area contributed by atoms with Gasteiger partial charge in [-0.05, 0) is 96.1 Å². The van der Waals surface area contributed by atoms with Crippen LogP contribution in [0.25, 0.3) is 0 Å². The molecule has 0 saturated heterocycles. The van der Waals surface area contributed by atoms with Crippen LogP contribution in [0.1, 0.15) is 201 Å². The second kappa shape index (κ2) is 51.7. The predicted octanol–water partition coefficient (Wildman–Crippen LogP) is 0.468. The monoisotopic (exact) mass is 1340 g/mol. The number of carbonyl (C=O) groups is 12. The third-order valence-electron chi connectivity index (χ3n) is 14.8.